The van der Waals surface area contributed by atoms with Crippen molar-refractivity contribution in [3.05, 3.63) is 83.9 Å². The van der Waals surface area contributed by atoms with E-state index in [4.69, 9.17) is 18.5 Å². The number of allylic oxidation sites excluding steroid dienone is 1. The molecule has 2 N–H and O–H groups in total. The zero-order valence-electron chi connectivity index (χ0n) is 23.8. The molecule has 8 heteroatoms. The van der Waals surface area contributed by atoms with Crippen molar-refractivity contribution in [1.82, 2.24) is 4.90 Å². The number of nitrogens with zero attached hydrogens (tertiary/aromatic N) is 1. The Hall–Kier alpha value is -2.81. The van der Waals surface area contributed by atoms with E-state index >= 15 is 0 Å². The molecule has 0 spiro atoms. The lowest BCUT2D eigenvalue weighted by atomic mass is 10.2. The summed E-state index contributed by atoms with van der Waals surface area (Å²) in [4.78, 5) is 23.1. The first-order valence-electron chi connectivity index (χ1n) is 12.7. The summed E-state index contributed by atoms with van der Waals surface area (Å²) in [5.41, 5.74) is 6.39. The summed E-state index contributed by atoms with van der Waals surface area (Å²) < 4.78 is 16.9. The first-order valence-corrected chi connectivity index (χ1v) is 15.1. The van der Waals surface area contributed by atoms with Gasteiger partial charge in [-0.15, -0.1) is 10.3 Å². The molecule has 0 bridgehead atoms. The Morgan fingerprint density at radius 2 is 1.55 bits per heavy atom. The smallest absolute Gasteiger partial charge is 0.410 e. The number of carbonyl (C=O) groups excluding carboxylic acids is 2. The maximum absolute atomic E-state index is 12.7. The van der Waals surface area contributed by atoms with Gasteiger partial charge in [0, 0.05) is 18.4 Å². The standard InChI is InChI=1S/C21H33NO3S.C8H10O.CH3NO/c1-21(2,3)26(4,5)25-17-19-14-10-7-11-15-22(19)20(23)24-16-18-12-8-6-9-13-18;1-9-7-8-5-3-2-4-6-8;2-1-3/h6,8-10,12-14,19H,7,11,15-17H2,1-5H3;2-6H,7H2,1H3;1H,(H2,2,3). The third-order valence-corrected chi connectivity index (χ3v) is 9.80. The van der Waals surface area contributed by atoms with Crippen molar-refractivity contribution >= 4 is 22.8 Å². The Morgan fingerprint density at radius 3 is 2.05 bits per heavy atom. The van der Waals surface area contributed by atoms with Gasteiger partial charge in [-0.2, -0.15) is 0 Å². The van der Waals surface area contributed by atoms with E-state index in [0.29, 0.717) is 26.4 Å². The molecule has 1 unspecified atom stereocenters. The fourth-order valence-corrected chi connectivity index (χ4v) is 4.07. The molecule has 0 saturated heterocycles. The molecule has 1 heterocycles. The molecule has 2 aromatic rings. The zero-order chi connectivity index (χ0) is 28.4. The summed E-state index contributed by atoms with van der Waals surface area (Å²) in [7, 11) is 0.475. The first kappa shape index (κ1) is 33.2. The van der Waals surface area contributed by atoms with Gasteiger partial charge in [0.25, 0.3) is 0 Å². The van der Waals surface area contributed by atoms with Crippen LogP contribution in [0.1, 0.15) is 44.7 Å². The molecule has 1 atom stereocenters. The lowest BCUT2D eigenvalue weighted by Crippen LogP contribution is -2.43. The Kier molecular flexibility index (Phi) is 15.4. The van der Waals surface area contributed by atoms with Crippen LogP contribution in [0.5, 0.6) is 0 Å². The monoisotopic (exact) mass is 546 g/mol. The molecule has 1 aliphatic rings. The second-order valence-electron chi connectivity index (χ2n) is 10.1. The number of primary amides is 1. The maximum atomic E-state index is 12.7. The van der Waals surface area contributed by atoms with E-state index < -0.39 is 10.3 Å². The van der Waals surface area contributed by atoms with Gasteiger partial charge in [0.1, 0.15) is 6.61 Å². The highest BCUT2D eigenvalue weighted by Crippen LogP contribution is 2.53. The molecule has 7 nitrogen and oxygen atoms in total. The summed E-state index contributed by atoms with van der Waals surface area (Å²) in [5.74, 6) is 0. The van der Waals surface area contributed by atoms with E-state index in [1.807, 2.05) is 65.6 Å². The lowest BCUT2D eigenvalue weighted by Gasteiger charge is -2.44. The van der Waals surface area contributed by atoms with Crippen LogP contribution in [0.3, 0.4) is 0 Å². The Labute approximate surface area is 230 Å². The Balaban J connectivity index is 0.000000497. The van der Waals surface area contributed by atoms with Gasteiger partial charge in [-0.05, 0) is 36.5 Å². The SMILES string of the molecule is CC(C)(C)S(C)(C)OCC1C=CCCCN1C(=O)OCc1ccccc1.COCc1ccccc1.NC=O. The number of ether oxygens (including phenoxy) is 2. The van der Waals surface area contributed by atoms with Crippen molar-refractivity contribution in [2.75, 3.05) is 32.8 Å². The predicted molar refractivity (Wildman–Crippen MR) is 158 cm³/mol. The van der Waals surface area contributed by atoms with Crippen molar-refractivity contribution in [2.45, 2.75) is 57.6 Å². The predicted octanol–water partition coefficient (Wildman–Crippen LogP) is 6.07. The van der Waals surface area contributed by atoms with E-state index in [-0.39, 0.29) is 23.3 Å². The highest BCUT2D eigenvalue weighted by molar-refractivity contribution is 8.29. The first-order chi connectivity index (χ1) is 18.1. The molecular weight excluding hydrogens is 500 g/mol. The average molecular weight is 547 g/mol. The summed E-state index contributed by atoms with van der Waals surface area (Å²) in [6, 6.07) is 19.8. The fraction of sp³-hybridized carbons (Fsp3) is 0.467. The minimum atomic E-state index is -1.23. The topological polar surface area (TPSA) is 91.1 Å². The van der Waals surface area contributed by atoms with E-state index in [9.17, 15) is 4.79 Å². The largest absolute Gasteiger partial charge is 0.445 e. The molecule has 38 heavy (non-hydrogen) atoms. The molecular formula is C30H46N2O5S. The number of hydrogen-bond acceptors (Lipinski definition) is 5. The van der Waals surface area contributed by atoms with Crippen molar-refractivity contribution in [2.24, 2.45) is 5.73 Å². The number of methoxy groups -OCH3 is 1. The van der Waals surface area contributed by atoms with Crippen molar-refractivity contribution in [1.29, 1.82) is 0 Å². The summed E-state index contributed by atoms with van der Waals surface area (Å²) in [6.07, 6.45) is 10.5. The van der Waals surface area contributed by atoms with E-state index in [0.717, 1.165) is 18.4 Å². The van der Waals surface area contributed by atoms with Crippen molar-refractivity contribution < 1.29 is 23.2 Å². The van der Waals surface area contributed by atoms with Gasteiger partial charge in [-0.3, -0.25) is 9.69 Å². The molecule has 0 aliphatic carbocycles. The van der Waals surface area contributed by atoms with Crippen LogP contribution in [0.25, 0.3) is 0 Å². The molecule has 3 rings (SSSR count). The number of carbonyl (C=O) groups is 2. The van der Waals surface area contributed by atoms with Gasteiger partial charge in [0.2, 0.25) is 6.41 Å². The number of nitrogens with two attached hydrogens (primary N) is 1. The van der Waals surface area contributed by atoms with Crippen LogP contribution in [0.15, 0.2) is 72.8 Å². The summed E-state index contributed by atoms with van der Waals surface area (Å²) >= 11 is 0. The van der Waals surface area contributed by atoms with Gasteiger partial charge >= 0.3 is 6.09 Å². The Morgan fingerprint density at radius 1 is 1.03 bits per heavy atom. The van der Waals surface area contributed by atoms with Crippen LogP contribution in [0.2, 0.25) is 0 Å². The fourth-order valence-electron chi connectivity index (χ4n) is 3.23. The normalized spacial score (nSPS) is 15.6. The highest BCUT2D eigenvalue weighted by Gasteiger charge is 2.31. The molecule has 2 amide bonds. The average Bonchev–Trinajstić information content (AvgIpc) is 3.13. The molecule has 2 aromatic carbocycles. The van der Waals surface area contributed by atoms with Gasteiger partial charge in [0.05, 0.1) is 19.3 Å². The van der Waals surface area contributed by atoms with E-state index in [1.165, 1.54) is 5.56 Å². The minimum absolute atomic E-state index is 0.0742. The van der Waals surface area contributed by atoms with Gasteiger partial charge in [-0.25, -0.2) is 4.79 Å². The molecule has 0 fully saturated rings. The summed E-state index contributed by atoms with van der Waals surface area (Å²) in [5, 5.41) is 0. The zero-order valence-corrected chi connectivity index (χ0v) is 24.6. The highest BCUT2D eigenvalue weighted by atomic mass is 32.3. The third-order valence-electron chi connectivity index (χ3n) is 6.13. The van der Waals surface area contributed by atoms with Gasteiger partial charge < -0.3 is 19.4 Å². The van der Waals surface area contributed by atoms with E-state index in [1.54, 1.807) is 7.11 Å². The lowest BCUT2D eigenvalue weighted by molar-refractivity contribution is -0.106. The second-order valence-corrected chi connectivity index (χ2v) is 14.0. The number of benzene rings is 2. The quantitative estimate of drug-likeness (QED) is 0.336. The van der Waals surface area contributed by atoms with Crippen LogP contribution < -0.4 is 5.73 Å². The van der Waals surface area contributed by atoms with Crippen LogP contribution in [0, 0.1) is 0 Å². The number of rotatable bonds is 7. The molecule has 0 radical (unpaired) electrons. The van der Waals surface area contributed by atoms with Crippen LogP contribution in [-0.2, 0) is 31.7 Å². The third kappa shape index (κ3) is 12.6. The Bertz CT molecular complexity index is 946. The molecule has 0 saturated carbocycles. The van der Waals surface area contributed by atoms with Crippen molar-refractivity contribution in [3.63, 3.8) is 0 Å². The number of hydrogen-bond donors (Lipinski definition) is 1. The van der Waals surface area contributed by atoms with Gasteiger partial charge in [-0.1, -0.05) is 93.6 Å². The molecule has 1 aliphatic heterocycles. The maximum Gasteiger partial charge on any atom is 0.410 e. The van der Waals surface area contributed by atoms with Crippen LogP contribution in [-0.4, -0.2) is 61.0 Å². The summed E-state index contributed by atoms with van der Waals surface area (Å²) in [6.45, 7) is 8.83. The molecule has 0 aromatic heterocycles. The van der Waals surface area contributed by atoms with Crippen molar-refractivity contribution in [3.8, 4) is 0 Å². The number of amides is 2. The molecule has 212 valence electrons. The van der Waals surface area contributed by atoms with Crippen LogP contribution in [0.4, 0.5) is 4.79 Å². The van der Waals surface area contributed by atoms with E-state index in [2.05, 4.69) is 51.2 Å². The van der Waals surface area contributed by atoms with Gasteiger partial charge in [0.15, 0.2) is 0 Å². The minimum Gasteiger partial charge on any atom is -0.445 e. The van der Waals surface area contributed by atoms with Crippen LogP contribution >= 0.6 is 10.3 Å². The second kappa shape index (κ2) is 17.7.